The number of hydrogen-bond donors (Lipinski definition) is 2. The number of hydrogen-bond acceptors (Lipinski definition) is 5. The van der Waals surface area contributed by atoms with Crippen LogP contribution in [0.5, 0.6) is 0 Å². The van der Waals surface area contributed by atoms with Crippen molar-refractivity contribution in [1.82, 2.24) is 15.3 Å². The first-order chi connectivity index (χ1) is 11.8. The topological polar surface area (TPSA) is 85.2 Å². The van der Waals surface area contributed by atoms with Gasteiger partial charge in [-0.05, 0) is 51.9 Å². The van der Waals surface area contributed by atoms with Crippen LogP contribution < -0.4 is 16.4 Å². The van der Waals surface area contributed by atoms with Crippen LogP contribution in [0.1, 0.15) is 33.6 Å². The maximum Gasteiger partial charge on any atom is 0.283 e. The molecule has 0 aromatic carbocycles. The average molecular weight is 413 g/mol. The van der Waals surface area contributed by atoms with Crippen molar-refractivity contribution in [2.24, 2.45) is 23.2 Å². The van der Waals surface area contributed by atoms with E-state index in [9.17, 15) is 9.59 Å². The zero-order valence-electron chi connectivity index (χ0n) is 15.0. The van der Waals surface area contributed by atoms with Crippen LogP contribution in [0, 0.1) is 23.2 Å². The minimum Gasteiger partial charge on any atom is -0.380 e. The van der Waals surface area contributed by atoms with Crippen molar-refractivity contribution in [2.45, 2.75) is 46.2 Å². The van der Waals surface area contributed by atoms with Crippen LogP contribution in [0.25, 0.3) is 0 Å². The lowest BCUT2D eigenvalue weighted by Gasteiger charge is -2.62. The molecule has 2 N–H and O–H groups in total. The Kier molecular flexibility index (Phi) is 4.94. The molecule has 1 aromatic rings. The molecule has 1 aromatic heterocycles. The molecule has 2 bridgehead atoms. The highest BCUT2D eigenvalue weighted by atomic mass is 79.9. The Bertz CT molecular complexity index is 733. The third-order valence-electron chi connectivity index (χ3n) is 6.19. The molecule has 25 heavy (non-hydrogen) atoms. The van der Waals surface area contributed by atoms with Crippen molar-refractivity contribution in [1.29, 1.82) is 0 Å². The lowest BCUT2D eigenvalue weighted by atomic mass is 9.45. The summed E-state index contributed by atoms with van der Waals surface area (Å²) in [6, 6.07) is 0.335. The van der Waals surface area contributed by atoms with Gasteiger partial charge in [0.15, 0.2) is 0 Å². The van der Waals surface area contributed by atoms with E-state index in [-0.39, 0.29) is 12.1 Å². The summed E-state index contributed by atoms with van der Waals surface area (Å²) in [5.41, 5.74) is 2.94. The monoisotopic (exact) mass is 412 g/mol. The summed E-state index contributed by atoms with van der Waals surface area (Å²) in [5, 5.41) is 7.60. The molecule has 3 aliphatic carbocycles. The number of nitrogens with zero attached hydrogens (tertiary/aromatic N) is 2. The molecule has 0 aliphatic heterocycles. The minimum atomic E-state index is -0.437. The van der Waals surface area contributed by atoms with Crippen molar-refractivity contribution in [2.75, 3.05) is 12.4 Å². The van der Waals surface area contributed by atoms with Gasteiger partial charge in [0.05, 0.1) is 19.0 Å². The van der Waals surface area contributed by atoms with Gasteiger partial charge in [0, 0.05) is 6.04 Å². The average Bonchev–Trinajstić information content (AvgIpc) is 2.55. The molecule has 0 radical (unpaired) electrons. The number of rotatable bonds is 5. The van der Waals surface area contributed by atoms with Crippen molar-refractivity contribution in [3.63, 3.8) is 0 Å². The molecule has 3 saturated carbocycles. The lowest BCUT2D eigenvalue weighted by Crippen LogP contribution is -2.58. The predicted molar refractivity (Wildman–Crippen MR) is 97.9 cm³/mol. The van der Waals surface area contributed by atoms with E-state index in [1.165, 1.54) is 13.5 Å². The van der Waals surface area contributed by atoms with Crippen LogP contribution in [0.3, 0.4) is 0 Å². The van der Waals surface area contributed by atoms with Crippen molar-refractivity contribution in [3.05, 3.63) is 21.0 Å². The zero-order valence-corrected chi connectivity index (χ0v) is 16.6. The van der Waals surface area contributed by atoms with E-state index in [4.69, 9.17) is 0 Å². The molecule has 1 heterocycles. The number of aromatic nitrogens is 2. The standard InChI is InChI=1S/C17H25BrN4O3/c1-9-11-5-10(17(11,2)3)6-12(9)20-13-7-19-22(16(24)15(13)18)8-14(23)21-25-4/h7,9-12,20H,5-6,8H2,1-4H3,(H,21,23)/t9-,10-,11+,12-/m1/s1. The van der Waals surface area contributed by atoms with E-state index >= 15 is 0 Å². The number of amides is 1. The highest BCUT2D eigenvalue weighted by molar-refractivity contribution is 9.10. The van der Waals surface area contributed by atoms with Gasteiger partial charge < -0.3 is 5.32 Å². The molecular formula is C17H25BrN4O3. The Labute approximate surface area is 155 Å². The summed E-state index contributed by atoms with van der Waals surface area (Å²) in [5.74, 6) is 1.55. The summed E-state index contributed by atoms with van der Waals surface area (Å²) in [4.78, 5) is 28.5. The van der Waals surface area contributed by atoms with Crippen LogP contribution in [0.15, 0.2) is 15.5 Å². The van der Waals surface area contributed by atoms with Crippen LogP contribution in [0.4, 0.5) is 5.69 Å². The second kappa shape index (κ2) is 6.72. The molecule has 0 unspecified atom stereocenters. The molecule has 0 saturated heterocycles. The predicted octanol–water partition coefficient (Wildman–Crippen LogP) is 2.17. The molecule has 1 amide bonds. The molecule has 3 fully saturated rings. The van der Waals surface area contributed by atoms with E-state index in [1.54, 1.807) is 6.20 Å². The SMILES string of the molecule is CONC(=O)Cn1ncc(N[C@@H]2C[C@H]3C[C@@H]([C@H]2C)C3(C)C)c(Br)c1=O. The molecule has 8 heteroatoms. The zero-order chi connectivity index (χ0) is 18.4. The fraction of sp³-hybridized carbons (Fsp3) is 0.706. The van der Waals surface area contributed by atoms with Gasteiger partial charge >= 0.3 is 0 Å². The van der Waals surface area contributed by atoms with Crippen LogP contribution >= 0.6 is 15.9 Å². The normalized spacial score (nSPS) is 29.6. The summed E-state index contributed by atoms with van der Waals surface area (Å²) in [6.07, 6.45) is 4.02. The fourth-order valence-corrected chi connectivity index (χ4v) is 4.92. The summed E-state index contributed by atoms with van der Waals surface area (Å²) in [6.45, 7) is 6.82. The Morgan fingerprint density at radius 1 is 1.48 bits per heavy atom. The number of nitrogens with one attached hydrogen (secondary N) is 2. The Hall–Kier alpha value is -1.41. The summed E-state index contributed by atoms with van der Waals surface area (Å²) < 4.78 is 1.51. The Balaban J connectivity index is 1.73. The lowest BCUT2D eigenvalue weighted by molar-refractivity contribution is -0.132. The Morgan fingerprint density at radius 2 is 2.20 bits per heavy atom. The highest BCUT2D eigenvalue weighted by Crippen LogP contribution is 2.61. The highest BCUT2D eigenvalue weighted by Gasteiger charge is 2.56. The third kappa shape index (κ3) is 3.21. The van der Waals surface area contributed by atoms with Crippen molar-refractivity contribution < 1.29 is 9.63 Å². The summed E-state index contributed by atoms with van der Waals surface area (Å²) >= 11 is 3.36. The van der Waals surface area contributed by atoms with Gasteiger partial charge in [-0.1, -0.05) is 20.8 Å². The molecule has 4 atom stereocenters. The third-order valence-corrected chi connectivity index (χ3v) is 6.96. The maximum absolute atomic E-state index is 12.4. The number of hydroxylamine groups is 1. The molecule has 7 nitrogen and oxygen atoms in total. The van der Waals surface area contributed by atoms with Crippen LogP contribution in [-0.2, 0) is 16.2 Å². The minimum absolute atomic E-state index is 0.191. The molecular weight excluding hydrogens is 388 g/mol. The van der Waals surface area contributed by atoms with Gasteiger partial charge in [-0.25, -0.2) is 10.2 Å². The van der Waals surface area contributed by atoms with E-state index in [0.29, 0.717) is 33.5 Å². The Morgan fingerprint density at radius 3 is 2.80 bits per heavy atom. The molecule has 138 valence electrons. The van der Waals surface area contributed by atoms with E-state index in [1.807, 2.05) is 0 Å². The number of carbonyl (C=O) groups is 1. The first kappa shape index (κ1) is 18.4. The first-order valence-electron chi connectivity index (χ1n) is 8.59. The van der Waals surface area contributed by atoms with Gasteiger partial charge in [0.2, 0.25) is 0 Å². The molecule has 3 aliphatic rings. The van der Waals surface area contributed by atoms with Gasteiger partial charge in [0.1, 0.15) is 11.0 Å². The number of anilines is 1. The van der Waals surface area contributed by atoms with E-state index < -0.39 is 5.91 Å². The molecule has 4 rings (SSSR count). The van der Waals surface area contributed by atoms with Gasteiger partial charge in [-0.2, -0.15) is 5.10 Å². The largest absolute Gasteiger partial charge is 0.380 e. The second-order valence-electron chi connectivity index (χ2n) is 7.77. The first-order valence-corrected chi connectivity index (χ1v) is 9.39. The van der Waals surface area contributed by atoms with E-state index in [2.05, 4.69) is 57.4 Å². The smallest absolute Gasteiger partial charge is 0.283 e. The van der Waals surface area contributed by atoms with E-state index in [0.717, 1.165) is 17.0 Å². The number of fused-ring (bicyclic) bond motifs is 2. The van der Waals surface area contributed by atoms with Crippen molar-refractivity contribution in [3.8, 4) is 0 Å². The maximum atomic E-state index is 12.4. The second-order valence-corrected chi connectivity index (χ2v) is 8.56. The fourth-order valence-electron chi connectivity index (χ4n) is 4.50. The number of halogens is 1. The van der Waals surface area contributed by atoms with Gasteiger partial charge in [0.25, 0.3) is 11.5 Å². The van der Waals surface area contributed by atoms with Crippen LogP contribution in [-0.4, -0.2) is 28.8 Å². The van der Waals surface area contributed by atoms with Crippen LogP contribution in [0.2, 0.25) is 0 Å². The van der Waals surface area contributed by atoms with Crippen molar-refractivity contribution >= 4 is 27.5 Å². The quantitative estimate of drug-likeness (QED) is 0.723. The van der Waals surface area contributed by atoms with Gasteiger partial charge in [-0.3, -0.25) is 14.4 Å². The molecule has 0 spiro atoms. The van der Waals surface area contributed by atoms with Gasteiger partial charge in [-0.15, -0.1) is 0 Å². The number of carbonyl (C=O) groups excluding carboxylic acids is 1. The summed E-state index contributed by atoms with van der Waals surface area (Å²) in [7, 11) is 1.34.